The highest BCUT2D eigenvalue weighted by Gasteiger charge is 2.32. The van der Waals surface area contributed by atoms with Crippen LogP contribution >= 0.6 is 0 Å². The van der Waals surface area contributed by atoms with Gasteiger partial charge in [-0.1, -0.05) is 24.3 Å². The van der Waals surface area contributed by atoms with E-state index in [1.54, 1.807) is 12.1 Å². The number of sulfonamides is 1. The van der Waals surface area contributed by atoms with Crippen LogP contribution in [0.25, 0.3) is 11.3 Å². The third-order valence-corrected chi connectivity index (χ3v) is 7.15. The molecule has 0 saturated carbocycles. The minimum atomic E-state index is -4.04. The Hall–Kier alpha value is -3.50. The van der Waals surface area contributed by atoms with Gasteiger partial charge in [0.25, 0.3) is 15.9 Å². The largest absolute Gasteiger partial charge is 0.471 e. The maximum absolute atomic E-state index is 13.1. The maximum atomic E-state index is 13.1. The van der Waals surface area contributed by atoms with Crippen molar-refractivity contribution in [3.05, 3.63) is 65.2 Å². The van der Waals surface area contributed by atoms with Gasteiger partial charge in [0.2, 0.25) is 11.8 Å². The van der Waals surface area contributed by atoms with E-state index in [0.29, 0.717) is 18.8 Å². The van der Waals surface area contributed by atoms with Crippen LogP contribution in [-0.2, 0) is 10.0 Å². The lowest BCUT2D eigenvalue weighted by Crippen LogP contribution is -2.45. The summed E-state index contributed by atoms with van der Waals surface area (Å²) in [5.41, 5.74) is 3.65. The van der Waals surface area contributed by atoms with Crippen molar-refractivity contribution in [1.29, 1.82) is 0 Å². The number of rotatable bonds is 1. The molecule has 0 radical (unpaired) electrons. The molecule has 2 atom stereocenters. The summed E-state index contributed by atoms with van der Waals surface area (Å²) >= 11 is 0. The molecule has 5 rings (SSSR count). The Kier molecular flexibility index (Phi) is 5.26. The Morgan fingerprint density at radius 2 is 1.76 bits per heavy atom. The van der Waals surface area contributed by atoms with E-state index in [1.165, 1.54) is 18.2 Å². The number of carbonyl (C=O) groups excluding carboxylic acids is 1. The zero-order valence-electron chi connectivity index (χ0n) is 18.1. The average Bonchev–Trinajstić information content (AvgIpc) is 3.19. The maximum Gasteiger partial charge on any atom is 0.264 e. The first-order valence-electron chi connectivity index (χ1n) is 10.6. The predicted octanol–water partition coefficient (Wildman–Crippen LogP) is 2.02. The first-order valence-corrected chi connectivity index (χ1v) is 12.1. The number of nitrogens with zero attached hydrogens (tertiary/aromatic N) is 2. The van der Waals surface area contributed by atoms with E-state index < -0.39 is 10.0 Å². The van der Waals surface area contributed by atoms with Crippen LogP contribution in [0.2, 0.25) is 0 Å². The number of hydrogen-bond acceptors (Lipinski definition) is 7. The summed E-state index contributed by atoms with van der Waals surface area (Å²) in [6.45, 7) is 4.97. The topological polar surface area (TPSA) is 122 Å². The molecule has 0 unspecified atom stereocenters. The Balaban J connectivity index is 1.68. The molecule has 1 saturated heterocycles. The summed E-state index contributed by atoms with van der Waals surface area (Å²) in [7, 11) is -4.04. The molecule has 3 N–H and O–H groups in total. The second-order valence-corrected chi connectivity index (χ2v) is 9.89. The highest BCUT2D eigenvalue weighted by Crippen LogP contribution is 2.30. The molecule has 1 aromatic heterocycles. The summed E-state index contributed by atoms with van der Waals surface area (Å²) < 4.78 is 34.8. The zero-order chi connectivity index (χ0) is 23.2. The fourth-order valence-electron chi connectivity index (χ4n) is 4.19. The predicted molar refractivity (Wildman–Crippen MR) is 123 cm³/mol. The first kappa shape index (κ1) is 21.4. The van der Waals surface area contributed by atoms with Crippen LogP contribution in [0, 0.1) is 13.8 Å². The van der Waals surface area contributed by atoms with Crippen LogP contribution < -0.4 is 20.1 Å². The molecule has 9 nitrogen and oxygen atoms in total. The molecule has 170 valence electrons. The van der Waals surface area contributed by atoms with E-state index in [2.05, 4.69) is 25.3 Å². The standard InChI is InChI=1S/C23H23N5O4S/c1-13-5-3-6-14(2)21(13)17-10-20-27-23(26-17)28-33(30,31)16-8-4-7-15(9-16)22(29)25-18-11-24-12-19(18)32-20/h3-10,18-19,24H,11-12H2,1-2H3,(H,25,29)(H,26,27,28)/t18-,19-/m1/s1. The monoisotopic (exact) mass is 465 g/mol. The molecule has 1 amide bonds. The number of aryl methyl sites for hydroxylation is 2. The van der Waals surface area contributed by atoms with Crippen LogP contribution in [0.4, 0.5) is 5.95 Å². The number of anilines is 1. The lowest BCUT2D eigenvalue weighted by Gasteiger charge is -2.21. The Labute approximate surface area is 191 Å². The summed E-state index contributed by atoms with van der Waals surface area (Å²) in [6.07, 6.45) is -0.386. The van der Waals surface area contributed by atoms with Crippen molar-refractivity contribution < 1.29 is 17.9 Å². The Morgan fingerprint density at radius 1 is 1.00 bits per heavy atom. The first-order chi connectivity index (χ1) is 15.8. The van der Waals surface area contributed by atoms with Crippen LogP contribution in [0.1, 0.15) is 21.5 Å². The van der Waals surface area contributed by atoms with Crippen molar-refractivity contribution in [2.24, 2.45) is 0 Å². The number of benzene rings is 2. The lowest BCUT2D eigenvalue weighted by atomic mass is 10.00. The molecule has 0 aliphatic carbocycles. The van der Waals surface area contributed by atoms with Gasteiger partial charge in [-0.3, -0.25) is 4.79 Å². The van der Waals surface area contributed by atoms with Gasteiger partial charge in [0.05, 0.1) is 16.6 Å². The minimum Gasteiger partial charge on any atom is -0.471 e. The van der Waals surface area contributed by atoms with Crippen molar-refractivity contribution in [2.75, 3.05) is 17.8 Å². The molecule has 2 aliphatic rings. The smallest absolute Gasteiger partial charge is 0.264 e. The van der Waals surface area contributed by atoms with Crippen LogP contribution in [0.15, 0.2) is 53.4 Å². The van der Waals surface area contributed by atoms with Gasteiger partial charge >= 0.3 is 0 Å². The molecular weight excluding hydrogens is 442 g/mol. The Morgan fingerprint density at radius 3 is 2.55 bits per heavy atom. The van der Waals surface area contributed by atoms with Gasteiger partial charge in [0.1, 0.15) is 6.10 Å². The van der Waals surface area contributed by atoms with Gasteiger partial charge in [-0.25, -0.2) is 18.1 Å². The molecule has 1 fully saturated rings. The van der Waals surface area contributed by atoms with E-state index >= 15 is 0 Å². The number of carbonyl (C=O) groups is 1. The van der Waals surface area contributed by atoms with Crippen LogP contribution in [0.3, 0.4) is 0 Å². The second-order valence-electron chi connectivity index (χ2n) is 8.21. The van der Waals surface area contributed by atoms with E-state index in [9.17, 15) is 13.2 Å². The van der Waals surface area contributed by atoms with Crippen molar-refractivity contribution in [1.82, 2.24) is 20.6 Å². The van der Waals surface area contributed by atoms with Crippen LogP contribution in [-0.4, -0.2) is 49.5 Å². The van der Waals surface area contributed by atoms with Crippen molar-refractivity contribution in [3.63, 3.8) is 0 Å². The molecular formula is C23H23N5O4S. The fraction of sp³-hybridized carbons (Fsp3) is 0.261. The molecule has 4 bridgehead atoms. The molecule has 10 heteroatoms. The molecule has 2 aliphatic heterocycles. The second kappa shape index (κ2) is 8.13. The van der Waals surface area contributed by atoms with E-state index in [1.807, 2.05) is 32.0 Å². The third kappa shape index (κ3) is 4.14. The number of amides is 1. The number of aromatic nitrogens is 2. The molecule has 2 aromatic carbocycles. The van der Waals surface area contributed by atoms with Gasteiger partial charge in [-0.15, -0.1) is 0 Å². The van der Waals surface area contributed by atoms with Crippen LogP contribution in [0.5, 0.6) is 5.88 Å². The molecule has 3 aromatic rings. The highest BCUT2D eigenvalue weighted by molar-refractivity contribution is 7.92. The molecule has 33 heavy (non-hydrogen) atoms. The SMILES string of the molecule is Cc1cccc(C)c1-c1cc2nc(n1)NS(=O)(=O)c1cccc(c1)C(=O)N[C@@H]1CNC[C@H]1O2. The summed E-state index contributed by atoms with van der Waals surface area (Å²) in [5.74, 6) is -0.251. The lowest BCUT2D eigenvalue weighted by molar-refractivity contribution is 0.0901. The van der Waals surface area contributed by atoms with E-state index in [-0.39, 0.29) is 40.3 Å². The van der Waals surface area contributed by atoms with Gasteiger partial charge < -0.3 is 15.4 Å². The Bertz CT molecular complexity index is 1340. The highest BCUT2D eigenvalue weighted by atomic mass is 32.2. The number of hydrogen-bond donors (Lipinski definition) is 3. The van der Waals surface area contributed by atoms with Crippen molar-refractivity contribution >= 4 is 21.9 Å². The minimum absolute atomic E-state index is 0.0564. The van der Waals surface area contributed by atoms with Gasteiger partial charge in [-0.2, -0.15) is 4.98 Å². The summed E-state index contributed by atoms with van der Waals surface area (Å²) in [5, 5.41) is 6.16. The van der Waals surface area contributed by atoms with Gasteiger partial charge in [0, 0.05) is 30.3 Å². The van der Waals surface area contributed by atoms with Crippen molar-refractivity contribution in [3.8, 4) is 17.1 Å². The van der Waals surface area contributed by atoms with Gasteiger partial charge in [0.15, 0.2) is 0 Å². The quantitative estimate of drug-likeness (QED) is 0.503. The summed E-state index contributed by atoms with van der Waals surface area (Å²) in [6, 6.07) is 13.1. The fourth-order valence-corrected chi connectivity index (χ4v) is 5.18. The molecule has 0 spiro atoms. The molecule has 3 heterocycles. The zero-order valence-corrected chi connectivity index (χ0v) is 18.9. The third-order valence-electron chi connectivity index (χ3n) is 5.82. The van der Waals surface area contributed by atoms with E-state index in [4.69, 9.17) is 4.74 Å². The number of nitrogens with one attached hydrogen (secondary N) is 3. The average molecular weight is 466 g/mol. The van der Waals surface area contributed by atoms with Crippen molar-refractivity contribution in [2.45, 2.75) is 30.9 Å². The summed E-state index contributed by atoms with van der Waals surface area (Å²) in [4.78, 5) is 21.6. The number of fused-ring (bicyclic) bond motifs is 5. The normalized spacial score (nSPS) is 21.3. The van der Waals surface area contributed by atoms with E-state index in [0.717, 1.165) is 16.7 Å². The number of ether oxygens (including phenoxy) is 1. The van der Waals surface area contributed by atoms with Gasteiger partial charge in [-0.05, 0) is 43.2 Å².